The van der Waals surface area contributed by atoms with Crippen molar-refractivity contribution in [3.05, 3.63) is 46.4 Å². The van der Waals surface area contributed by atoms with Gasteiger partial charge in [-0.05, 0) is 19.1 Å². The van der Waals surface area contributed by atoms with Crippen LogP contribution in [0.5, 0.6) is 0 Å². The van der Waals surface area contributed by atoms with E-state index in [1.807, 2.05) is 5.38 Å². The predicted octanol–water partition coefficient (Wildman–Crippen LogP) is 2.56. The van der Waals surface area contributed by atoms with E-state index >= 15 is 0 Å². The molecule has 1 amide bonds. The lowest BCUT2D eigenvalue weighted by molar-refractivity contribution is -0.120. The summed E-state index contributed by atoms with van der Waals surface area (Å²) in [5, 5.41) is 4.70. The molecule has 0 atom stereocenters. The molecule has 108 valence electrons. The number of nitrogens with zero attached hydrogens (tertiary/aromatic N) is 2. The molecule has 0 saturated heterocycles. The Morgan fingerprint density at radius 3 is 3.10 bits per heavy atom. The third-order valence-corrected chi connectivity index (χ3v) is 3.54. The van der Waals surface area contributed by atoms with Crippen LogP contribution in [0.25, 0.3) is 11.7 Å². The largest absolute Gasteiger partial charge is 0.459 e. The van der Waals surface area contributed by atoms with E-state index < -0.39 is 0 Å². The van der Waals surface area contributed by atoms with Crippen LogP contribution in [0.2, 0.25) is 0 Å². The molecule has 6 nitrogen and oxygen atoms in total. The lowest BCUT2D eigenvalue weighted by Crippen LogP contribution is -2.25. The first kappa shape index (κ1) is 13.6. The summed E-state index contributed by atoms with van der Waals surface area (Å²) in [6.07, 6.45) is 1.72. The fourth-order valence-corrected chi connectivity index (χ4v) is 2.38. The second-order valence-corrected chi connectivity index (χ2v) is 5.15. The average Bonchev–Trinajstić information content (AvgIpc) is 3.18. The van der Waals surface area contributed by atoms with E-state index in [0.717, 1.165) is 5.69 Å². The first-order valence-corrected chi connectivity index (χ1v) is 7.30. The summed E-state index contributed by atoms with van der Waals surface area (Å²) < 4.78 is 10.7. The number of thiazole rings is 1. The maximum atomic E-state index is 11.9. The standard InChI is InChI=1S/C14H13N3O3S/c1-9-11(17-14(20-9)12-3-2-4-19-12)5-13(18)15-6-10-7-21-8-16-10/h2-4,7-8H,5-6H2,1H3,(H,15,18). The molecule has 0 bridgehead atoms. The molecule has 0 spiro atoms. The van der Waals surface area contributed by atoms with Crippen LogP contribution in [0.3, 0.4) is 0 Å². The summed E-state index contributed by atoms with van der Waals surface area (Å²) in [7, 11) is 0. The summed E-state index contributed by atoms with van der Waals surface area (Å²) in [6.45, 7) is 2.20. The maximum Gasteiger partial charge on any atom is 0.263 e. The zero-order valence-electron chi connectivity index (χ0n) is 11.3. The van der Waals surface area contributed by atoms with Crippen LogP contribution < -0.4 is 5.32 Å². The number of amides is 1. The highest BCUT2D eigenvalue weighted by Gasteiger charge is 2.16. The topological polar surface area (TPSA) is 81.2 Å². The van der Waals surface area contributed by atoms with Crippen molar-refractivity contribution in [3.8, 4) is 11.7 Å². The molecule has 0 fully saturated rings. The Hall–Kier alpha value is -2.41. The van der Waals surface area contributed by atoms with Gasteiger partial charge in [0.1, 0.15) is 5.76 Å². The minimum absolute atomic E-state index is 0.120. The Bertz CT molecular complexity index is 717. The van der Waals surface area contributed by atoms with Gasteiger partial charge in [0.05, 0.1) is 36.1 Å². The average molecular weight is 303 g/mol. The third-order valence-electron chi connectivity index (χ3n) is 2.90. The van der Waals surface area contributed by atoms with Gasteiger partial charge in [-0.2, -0.15) is 0 Å². The molecule has 0 aliphatic carbocycles. The van der Waals surface area contributed by atoms with Gasteiger partial charge in [-0.15, -0.1) is 11.3 Å². The number of aryl methyl sites for hydroxylation is 1. The van der Waals surface area contributed by atoms with Crippen molar-refractivity contribution in [2.75, 3.05) is 0 Å². The molecular formula is C14H13N3O3S. The molecule has 3 rings (SSSR count). The molecular weight excluding hydrogens is 290 g/mol. The molecule has 21 heavy (non-hydrogen) atoms. The number of carbonyl (C=O) groups is 1. The van der Waals surface area contributed by atoms with Crippen LogP contribution in [0.15, 0.2) is 38.1 Å². The van der Waals surface area contributed by atoms with Crippen molar-refractivity contribution >= 4 is 17.2 Å². The Labute approximate surface area is 124 Å². The molecule has 0 radical (unpaired) electrons. The van der Waals surface area contributed by atoms with Crippen molar-refractivity contribution in [3.63, 3.8) is 0 Å². The molecule has 7 heteroatoms. The Morgan fingerprint density at radius 2 is 2.38 bits per heavy atom. The zero-order valence-corrected chi connectivity index (χ0v) is 12.1. The molecule has 0 aliphatic heterocycles. The molecule has 3 heterocycles. The highest BCUT2D eigenvalue weighted by Crippen LogP contribution is 2.22. The van der Waals surface area contributed by atoms with Crippen molar-refractivity contribution in [2.45, 2.75) is 19.9 Å². The van der Waals surface area contributed by atoms with Gasteiger partial charge < -0.3 is 14.2 Å². The number of carbonyl (C=O) groups excluding carboxylic acids is 1. The number of furan rings is 1. The van der Waals surface area contributed by atoms with Crippen LogP contribution in [-0.2, 0) is 17.8 Å². The Kier molecular flexibility index (Phi) is 3.83. The van der Waals surface area contributed by atoms with Gasteiger partial charge >= 0.3 is 0 Å². The highest BCUT2D eigenvalue weighted by atomic mass is 32.1. The highest BCUT2D eigenvalue weighted by molar-refractivity contribution is 7.07. The number of nitrogens with one attached hydrogen (secondary N) is 1. The first-order valence-electron chi connectivity index (χ1n) is 6.36. The summed E-state index contributed by atoms with van der Waals surface area (Å²) >= 11 is 1.50. The smallest absolute Gasteiger partial charge is 0.263 e. The van der Waals surface area contributed by atoms with Crippen LogP contribution in [0.4, 0.5) is 0 Å². The van der Waals surface area contributed by atoms with Crippen LogP contribution in [0.1, 0.15) is 17.1 Å². The van der Waals surface area contributed by atoms with E-state index in [0.29, 0.717) is 29.6 Å². The minimum atomic E-state index is -0.120. The van der Waals surface area contributed by atoms with Crippen LogP contribution >= 0.6 is 11.3 Å². The van der Waals surface area contributed by atoms with Crippen molar-refractivity contribution in [1.29, 1.82) is 0 Å². The summed E-state index contributed by atoms with van der Waals surface area (Å²) in [5.74, 6) is 1.43. The Balaban J connectivity index is 1.63. The molecule has 3 aromatic rings. The lowest BCUT2D eigenvalue weighted by atomic mass is 10.2. The van der Waals surface area contributed by atoms with Crippen LogP contribution in [-0.4, -0.2) is 15.9 Å². The number of aromatic nitrogens is 2. The van der Waals surface area contributed by atoms with Gasteiger partial charge in [0.15, 0.2) is 5.76 Å². The van der Waals surface area contributed by atoms with Gasteiger partial charge in [-0.1, -0.05) is 0 Å². The SMILES string of the molecule is Cc1oc(-c2ccco2)nc1CC(=O)NCc1cscn1. The fraction of sp³-hybridized carbons (Fsp3) is 0.214. The quantitative estimate of drug-likeness (QED) is 0.783. The maximum absolute atomic E-state index is 11.9. The molecule has 3 aromatic heterocycles. The second-order valence-electron chi connectivity index (χ2n) is 4.43. The molecule has 0 saturated carbocycles. The number of hydrogen-bond acceptors (Lipinski definition) is 6. The fourth-order valence-electron chi connectivity index (χ4n) is 1.83. The Morgan fingerprint density at radius 1 is 1.48 bits per heavy atom. The van der Waals surface area contributed by atoms with E-state index in [2.05, 4.69) is 15.3 Å². The molecule has 0 aromatic carbocycles. The van der Waals surface area contributed by atoms with E-state index in [4.69, 9.17) is 8.83 Å². The van der Waals surface area contributed by atoms with Gasteiger partial charge in [-0.25, -0.2) is 9.97 Å². The van der Waals surface area contributed by atoms with Crippen molar-refractivity contribution in [2.24, 2.45) is 0 Å². The molecule has 0 unspecified atom stereocenters. The second kappa shape index (κ2) is 5.92. The zero-order chi connectivity index (χ0) is 14.7. The van der Waals surface area contributed by atoms with E-state index in [9.17, 15) is 4.79 Å². The van der Waals surface area contributed by atoms with Gasteiger partial charge in [0.25, 0.3) is 5.89 Å². The monoisotopic (exact) mass is 303 g/mol. The summed E-state index contributed by atoms with van der Waals surface area (Å²) in [4.78, 5) is 20.3. The number of hydrogen-bond donors (Lipinski definition) is 1. The minimum Gasteiger partial charge on any atom is -0.459 e. The van der Waals surface area contributed by atoms with E-state index in [-0.39, 0.29) is 12.3 Å². The van der Waals surface area contributed by atoms with Crippen LogP contribution in [0, 0.1) is 6.92 Å². The van der Waals surface area contributed by atoms with E-state index in [1.165, 1.54) is 11.3 Å². The molecule has 0 aliphatic rings. The third kappa shape index (κ3) is 3.19. The summed E-state index contributed by atoms with van der Waals surface area (Å²) in [6, 6.07) is 3.52. The van der Waals surface area contributed by atoms with Gasteiger partial charge in [-0.3, -0.25) is 4.79 Å². The van der Waals surface area contributed by atoms with Crippen molar-refractivity contribution in [1.82, 2.24) is 15.3 Å². The summed E-state index contributed by atoms with van der Waals surface area (Å²) in [5.41, 5.74) is 3.19. The van der Waals surface area contributed by atoms with Crippen molar-refractivity contribution < 1.29 is 13.6 Å². The lowest BCUT2D eigenvalue weighted by Gasteiger charge is -2.01. The van der Waals surface area contributed by atoms with Gasteiger partial charge in [0.2, 0.25) is 5.91 Å². The van der Waals surface area contributed by atoms with E-state index in [1.54, 1.807) is 30.8 Å². The molecule has 1 N–H and O–H groups in total. The number of rotatable bonds is 5. The first-order chi connectivity index (χ1) is 10.2. The van der Waals surface area contributed by atoms with Gasteiger partial charge in [0, 0.05) is 5.38 Å². The number of oxazole rings is 1. The predicted molar refractivity (Wildman–Crippen MR) is 76.6 cm³/mol. The normalized spacial score (nSPS) is 10.7.